The number of methoxy groups -OCH3 is 2. The summed E-state index contributed by atoms with van der Waals surface area (Å²) in [5.41, 5.74) is 3.12. The van der Waals surface area contributed by atoms with Crippen molar-refractivity contribution in [2.24, 2.45) is 0 Å². The van der Waals surface area contributed by atoms with E-state index in [0.29, 0.717) is 0 Å². The third kappa shape index (κ3) is 4.81. The van der Waals surface area contributed by atoms with Gasteiger partial charge in [0, 0.05) is 0 Å². The van der Waals surface area contributed by atoms with Crippen LogP contribution in [0.15, 0.2) is 127 Å². The highest BCUT2D eigenvalue weighted by atomic mass is 16.5. The minimum absolute atomic E-state index is 0.261. The molecule has 0 aromatic heterocycles. The van der Waals surface area contributed by atoms with Crippen LogP contribution in [0.1, 0.15) is 28.3 Å². The maximum absolute atomic E-state index is 13.0. The van der Waals surface area contributed by atoms with Gasteiger partial charge in [-0.25, -0.2) is 4.79 Å². The summed E-state index contributed by atoms with van der Waals surface area (Å²) in [5, 5.41) is 0. The number of carbonyl (C=O) groups is 1. The molecule has 1 aliphatic rings. The zero-order valence-corrected chi connectivity index (χ0v) is 21.6. The number of carbonyl (C=O) groups excluding carboxylic acids is 1. The largest absolute Gasteiger partial charge is 0.497 e. The van der Waals surface area contributed by atoms with Gasteiger partial charge in [-0.1, -0.05) is 115 Å². The summed E-state index contributed by atoms with van der Waals surface area (Å²) in [4.78, 5) is 14.8. The van der Waals surface area contributed by atoms with Crippen LogP contribution in [-0.4, -0.2) is 37.9 Å². The molecule has 4 aromatic rings. The van der Waals surface area contributed by atoms with Crippen molar-refractivity contribution in [1.29, 1.82) is 0 Å². The summed E-state index contributed by atoms with van der Waals surface area (Å²) >= 11 is 0. The lowest BCUT2D eigenvalue weighted by Gasteiger charge is -2.38. The summed E-state index contributed by atoms with van der Waals surface area (Å²) < 4.78 is 17.5. The number of amides is 1. The molecule has 1 aliphatic heterocycles. The Morgan fingerprint density at radius 3 is 1.66 bits per heavy atom. The minimum Gasteiger partial charge on any atom is -0.497 e. The molecule has 0 bridgehead atoms. The molecule has 0 radical (unpaired) electrons. The maximum atomic E-state index is 13.0. The summed E-state index contributed by atoms with van der Waals surface area (Å²) in [6.07, 6.45) is 3.65. The molecule has 0 N–H and O–H groups in total. The second kappa shape index (κ2) is 11.4. The third-order valence-electron chi connectivity index (χ3n) is 7.03. The number of rotatable bonds is 8. The Balaban J connectivity index is 1.53. The van der Waals surface area contributed by atoms with E-state index in [-0.39, 0.29) is 18.7 Å². The number of hydrogen-bond donors (Lipinski definition) is 0. The van der Waals surface area contributed by atoms with Gasteiger partial charge in [-0.05, 0) is 34.4 Å². The van der Waals surface area contributed by atoms with Crippen molar-refractivity contribution in [2.45, 2.75) is 17.7 Å². The van der Waals surface area contributed by atoms with Crippen LogP contribution in [0.25, 0.3) is 0 Å². The van der Waals surface area contributed by atoms with E-state index in [9.17, 15) is 4.79 Å². The zero-order valence-electron chi connectivity index (χ0n) is 21.6. The van der Waals surface area contributed by atoms with Gasteiger partial charge >= 0.3 is 6.09 Å². The Labute approximate surface area is 223 Å². The summed E-state index contributed by atoms with van der Waals surface area (Å²) in [5.74, 6) is 0.763. The number of hydrogen-bond acceptors (Lipinski definition) is 4. The number of ether oxygens (including phenoxy) is 3. The Morgan fingerprint density at radius 2 is 1.21 bits per heavy atom. The lowest BCUT2D eigenvalue weighted by molar-refractivity contribution is -0.0131. The van der Waals surface area contributed by atoms with Crippen LogP contribution in [0.3, 0.4) is 0 Å². The van der Waals surface area contributed by atoms with Gasteiger partial charge in [-0.3, -0.25) is 4.90 Å². The van der Waals surface area contributed by atoms with Crippen LogP contribution in [0, 0.1) is 0 Å². The van der Waals surface area contributed by atoms with Crippen LogP contribution >= 0.6 is 0 Å². The van der Waals surface area contributed by atoms with Gasteiger partial charge in [0.15, 0.2) is 0 Å². The van der Waals surface area contributed by atoms with E-state index in [2.05, 4.69) is 36.4 Å². The van der Waals surface area contributed by atoms with E-state index in [1.54, 1.807) is 12.0 Å². The predicted molar refractivity (Wildman–Crippen MR) is 148 cm³/mol. The average Bonchev–Trinajstić information content (AvgIpc) is 3.43. The fraction of sp³-hybridized carbons (Fsp3) is 0.182. The van der Waals surface area contributed by atoms with Gasteiger partial charge in [0.25, 0.3) is 0 Å². The van der Waals surface area contributed by atoms with Crippen LogP contribution in [0.2, 0.25) is 0 Å². The first-order valence-electron chi connectivity index (χ1n) is 12.7. The first-order chi connectivity index (χ1) is 18.7. The zero-order chi connectivity index (χ0) is 26.4. The van der Waals surface area contributed by atoms with Gasteiger partial charge < -0.3 is 14.2 Å². The van der Waals surface area contributed by atoms with E-state index in [4.69, 9.17) is 14.2 Å². The van der Waals surface area contributed by atoms with E-state index in [0.717, 1.165) is 28.0 Å². The molecule has 0 aliphatic carbocycles. The monoisotopic (exact) mass is 505 g/mol. The lowest BCUT2D eigenvalue weighted by Crippen LogP contribution is -2.43. The molecule has 0 unspecified atom stereocenters. The fourth-order valence-corrected chi connectivity index (χ4v) is 5.17. The van der Waals surface area contributed by atoms with Crippen LogP contribution in [0.5, 0.6) is 5.75 Å². The van der Waals surface area contributed by atoms with E-state index < -0.39 is 11.7 Å². The van der Waals surface area contributed by atoms with Crippen molar-refractivity contribution in [3.63, 3.8) is 0 Å². The lowest BCUT2D eigenvalue weighted by atomic mass is 9.80. The van der Waals surface area contributed by atoms with E-state index in [1.165, 1.54) is 7.11 Å². The van der Waals surface area contributed by atoms with Crippen LogP contribution in [0.4, 0.5) is 4.79 Å². The second-order valence-electron chi connectivity index (χ2n) is 9.14. The predicted octanol–water partition coefficient (Wildman–Crippen LogP) is 6.75. The Bertz CT molecular complexity index is 1260. The first kappa shape index (κ1) is 25.3. The van der Waals surface area contributed by atoms with Gasteiger partial charge in [-0.15, -0.1) is 0 Å². The molecule has 5 rings (SSSR count). The molecule has 0 fully saturated rings. The van der Waals surface area contributed by atoms with Crippen molar-refractivity contribution in [3.05, 3.63) is 150 Å². The van der Waals surface area contributed by atoms with Crippen molar-refractivity contribution < 1.29 is 19.0 Å². The molecule has 1 heterocycles. The SMILES string of the molecule is COC(=O)N1[C@@H](c2ccc(OC)cc2)C=C[C@H]1COC(c1ccccc1)(c1ccccc1)c1ccccc1. The van der Waals surface area contributed by atoms with Crippen LogP contribution < -0.4 is 4.74 Å². The second-order valence-corrected chi connectivity index (χ2v) is 9.14. The quantitative estimate of drug-likeness (QED) is 0.196. The Kier molecular flexibility index (Phi) is 7.57. The van der Waals surface area contributed by atoms with Gasteiger partial charge in [0.05, 0.1) is 32.9 Å². The van der Waals surface area contributed by atoms with Crippen LogP contribution in [-0.2, 0) is 15.1 Å². The minimum atomic E-state index is -0.877. The molecule has 5 nitrogen and oxygen atoms in total. The van der Waals surface area contributed by atoms with E-state index in [1.807, 2.05) is 91.0 Å². The fourth-order valence-electron chi connectivity index (χ4n) is 5.17. The summed E-state index contributed by atoms with van der Waals surface area (Å²) in [6, 6.07) is 37.8. The molecule has 38 heavy (non-hydrogen) atoms. The average molecular weight is 506 g/mol. The molecule has 1 amide bonds. The number of benzene rings is 4. The molecule has 0 saturated heterocycles. The van der Waals surface area contributed by atoms with Crippen molar-refractivity contribution in [1.82, 2.24) is 4.90 Å². The normalized spacial score (nSPS) is 16.8. The smallest absolute Gasteiger partial charge is 0.410 e. The Hall–Kier alpha value is -4.35. The molecular weight excluding hydrogens is 474 g/mol. The first-order valence-corrected chi connectivity index (χ1v) is 12.7. The summed E-state index contributed by atoms with van der Waals surface area (Å²) in [6.45, 7) is 0.261. The standard InChI is InChI=1S/C33H31NO4/c1-36-30-21-18-25(19-22-30)31-23-20-29(34(31)32(35)37-2)24-38-33(26-12-6-3-7-13-26,27-14-8-4-9-15-27)28-16-10-5-11-17-28/h3-23,29,31H,24H2,1-2H3/t29-,31+/m0/s1. The Morgan fingerprint density at radius 1 is 0.711 bits per heavy atom. The van der Waals surface area contributed by atoms with E-state index >= 15 is 0 Å². The van der Waals surface area contributed by atoms with Crippen molar-refractivity contribution in [2.75, 3.05) is 20.8 Å². The van der Waals surface area contributed by atoms with Crippen molar-refractivity contribution in [3.8, 4) is 5.75 Å². The molecule has 192 valence electrons. The van der Waals surface area contributed by atoms with Gasteiger partial charge in [0.1, 0.15) is 11.4 Å². The van der Waals surface area contributed by atoms with Crippen molar-refractivity contribution >= 4 is 6.09 Å². The highest BCUT2D eigenvalue weighted by Crippen LogP contribution is 2.41. The highest BCUT2D eigenvalue weighted by molar-refractivity contribution is 5.70. The maximum Gasteiger partial charge on any atom is 0.410 e. The molecule has 0 saturated carbocycles. The van der Waals surface area contributed by atoms with Gasteiger partial charge in [-0.2, -0.15) is 0 Å². The highest BCUT2D eigenvalue weighted by Gasteiger charge is 2.41. The topological polar surface area (TPSA) is 48.0 Å². The third-order valence-corrected chi connectivity index (χ3v) is 7.03. The molecule has 0 spiro atoms. The molecule has 4 aromatic carbocycles. The number of nitrogens with zero attached hydrogens (tertiary/aromatic N) is 1. The molecule has 2 atom stereocenters. The summed E-state index contributed by atoms with van der Waals surface area (Å²) in [7, 11) is 3.04. The van der Waals surface area contributed by atoms with Gasteiger partial charge in [0.2, 0.25) is 0 Å². The molecule has 5 heteroatoms. The molecular formula is C33H31NO4.